The van der Waals surface area contributed by atoms with Crippen molar-refractivity contribution < 1.29 is 47.5 Å². The molecule has 0 saturated carbocycles. The number of halogens is 2. The average molecular weight is 872 g/mol. The first-order chi connectivity index (χ1) is 27.4. The number of hydrogen-bond acceptors (Lipinski definition) is 10. The van der Waals surface area contributed by atoms with E-state index < -0.39 is 0 Å². The lowest BCUT2D eigenvalue weighted by Crippen LogP contribution is -2.12. The molecule has 0 unspecified atom stereocenters. The van der Waals surface area contributed by atoms with Crippen LogP contribution in [-0.4, -0.2) is 67.4 Å². The summed E-state index contributed by atoms with van der Waals surface area (Å²) in [5.74, 6) is 3.08. The van der Waals surface area contributed by atoms with E-state index in [1.165, 1.54) is 21.3 Å². The molecular weight excluding hydrogens is 816 g/mol. The Balaban J connectivity index is 0.000000306. The second-order valence-electron chi connectivity index (χ2n) is 13.1. The summed E-state index contributed by atoms with van der Waals surface area (Å²) in [4.78, 5) is 27.2. The Kier molecular flexibility index (Phi) is 18.8. The summed E-state index contributed by atoms with van der Waals surface area (Å²) in [5.41, 5.74) is 3.86. The fourth-order valence-electron chi connectivity index (χ4n) is 6.32. The first kappa shape index (κ1) is 46.8. The van der Waals surface area contributed by atoms with Gasteiger partial charge in [0.15, 0.2) is 23.0 Å². The van der Waals surface area contributed by atoms with Crippen LogP contribution in [0.2, 0.25) is 5.02 Å². The van der Waals surface area contributed by atoms with Crippen molar-refractivity contribution in [1.82, 2.24) is 0 Å². The normalized spacial score (nSPS) is 10.5. The number of ether oxygens (including phenoxy) is 8. The summed E-state index contributed by atoms with van der Waals surface area (Å²) in [6.45, 7) is 10.8. The van der Waals surface area contributed by atoms with Crippen molar-refractivity contribution >= 4 is 39.1 Å². The van der Waals surface area contributed by atoms with Crippen LogP contribution in [-0.2, 0) is 0 Å². The van der Waals surface area contributed by atoms with Crippen molar-refractivity contribution in [3.63, 3.8) is 0 Å². The van der Waals surface area contributed by atoms with E-state index in [4.69, 9.17) is 49.5 Å². The Hall–Kier alpha value is -4.61. The van der Waals surface area contributed by atoms with E-state index in [1.54, 1.807) is 51.7 Å². The molecule has 0 aliphatic heterocycles. The van der Waals surface area contributed by atoms with Crippen molar-refractivity contribution in [2.45, 2.75) is 73.1 Å². The lowest BCUT2D eigenvalue weighted by atomic mass is 9.93. The molecule has 310 valence electrons. The number of benzene rings is 4. The maximum atomic E-state index is 13.7. The van der Waals surface area contributed by atoms with Crippen molar-refractivity contribution in [3.8, 4) is 46.0 Å². The number of rotatable bonds is 20. The van der Waals surface area contributed by atoms with Gasteiger partial charge < -0.3 is 37.9 Å². The molecule has 0 heterocycles. The molecule has 0 aliphatic rings. The Bertz CT molecular complexity index is 1990. The lowest BCUT2D eigenvalue weighted by Gasteiger charge is -2.20. The molecule has 0 amide bonds. The highest BCUT2D eigenvalue weighted by Gasteiger charge is 2.30. The van der Waals surface area contributed by atoms with E-state index in [9.17, 15) is 9.59 Å². The van der Waals surface area contributed by atoms with Gasteiger partial charge in [0, 0.05) is 4.47 Å². The smallest absolute Gasteiger partial charge is 0.204 e. The van der Waals surface area contributed by atoms with E-state index in [-0.39, 0.29) is 11.6 Å². The zero-order valence-electron chi connectivity index (χ0n) is 35.0. The fraction of sp³-hybridized carbons (Fsp3) is 0.422. The highest BCUT2D eigenvalue weighted by atomic mass is 79.9. The molecule has 0 aliphatic carbocycles. The maximum Gasteiger partial charge on any atom is 0.204 e. The fourth-order valence-corrected chi connectivity index (χ4v) is 6.90. The first-order valence-electron chi connectivity index (χ1n) is 18.9. The van der Waals surface area contributed by atoms with E-state index >= 15 is 0 Å². The first-order valence-corrected chi connectivity index (χ1v) is 20.1. The van der Waals surface area contributed by atoms with Crippen LogP contribution in [0.3, 0.4) is 0 Å². The molecule has 0 atom stereocenters. The predicted molar refractivity (Wildman–Crippen MR) is 229 cm³/mol. The molecule has 12 heteroatoms. The van der Waals surface area contributed by atoms with Gasteiger partial charge in [0.1, 0.15) is 11.5 Å². The minimum atomic E-state index is -0.286. The van der Waals surface area contributed by atoms with Crippen molar-refractivity contribution in [2.24, 2.45) is 0 Å². The van der Waals surface area contributed by atoms with E-state index in [2.05, 4.69) is 29.8 Å². The number of aryl methyl sites for hydroxylation is 2. The van der Waals surface area contributed by atoms with Gasteiger partial charge in [-0.3, -0.25) is 9.59 Å². The highest BCUT2D eigenvalue weighted by molar-refractivity contribution is 9.10. The monoisotopic (exact) mass is 870 g/mol. The third-order valence-electron chi connectivity index (χ3n) is 9.32. The Morgan fingerprint density at radius 1 is 0.544 bits per heavy atom. The SMILES string of the molecule is CCCCCOc1c(OC)c(OC)cc(C)c1C(=O)c1c(Cl)cccc1OC.CCCCCOc1c(OC)cc(C)c(C(=O)c2c(OC)ccc(Br)c2C)c1OC. The van der Waals surface area contributed by atoms with Crippen molar-refractivity contribution in [3.05, 3.63) is 90.9 Å². The topological polar surface area (TPSA) is 108 Å². The number of ketones is 2. The second kappa shape index (κ2) is 23.0. The number of hydrogen-bond donors (Lipinski definition) is 0. The van der Waals surface area contributed by atoms with Gasteiger partial charge in [-0.05, 0) is 86.7 Å². The van der Waals surface area contributed by atoms with Crippen LogP contribution in [0.4, 0.5) is 0 Å². The Labute approximate surface area is 351 Å². The van der Waals surface area contributed by atoms with E-state index in [1.807, 2.05) is 32.9 Å². The molecule has 0 fully saturated rings. The molecule has 0 spiro atoms. The van der Waals surface area contributed by atoms with Crippen LogP contribution in [0.1, 0.15) is 101 Å². The van der Waals surface area contributed by atoms with Crippen LogP contribution in [0.5, 0.6) is 46.0 Å². The summed E-state index contributed by atoms with van der Waals surface area (Å²) in [7, 11) is 9.25. The molecule has 4 aromatic rings. The van der Waals surface area contributed by atoms with E-state index in [0.717, 1.165) is 54.1 Å². The minimum absolute atomic E-state index is 0.184. The summed E-state index contributed by atoms with van der Waals surface area (Å²) >= 11 is 9.84. The number of carbonyl (C=O) groups excluding carboxylic acids is 2. The minimum Gasteiger partial charge on any atom is -0.496 e. The van der Waals surface area contributed by atoms with Gasteiger partial charge in [-0.15, -0.1) is 0 Å². The van der Waals surface area contributed by atoms with Gasteiger partial charge in [-0.25, -0.2) is 0 Å². The molecule has 0 aromatic heterocycles. The van der Waals surface area contributed by atoms with Gasteiger partial charge >= 0.3 is 0 Å². The molecule has 0 radical (unpaired) electrons. The third kappa shape index (κ3) is 11.1. The predicted octanol–water partition coefficient (Wildman–Crippen LogP) is 11.4. The zero-order valence-corrected chi connectivity index (χ0v) is 37.4. The molecule has 0 bridgehead atoms. The Morgan fingerprint density at radius 3 is 1.53 bits per heavy atom. The summed E-state index contributed by atoms with van der Waals surface area (Å²) < 4.78 is 45.8. The quantitative estimate of drug-likeness (QED) is 0.0629. The van der Waals surface area contributed by atoms with Crippen molar-refractivity contribution in [2.75, 3.05) is 55.9 Å². The lowest BCUT2D eigenvalue weighted by molar-refractivity contribution is 0.102. The number of carbonyl (C=O) groups is 2. The molecule has 4 aromatic carbocycles. The van der Waals surface area contributed by atoms with Gasteiger partial charge in [-0.1, -0.05) is 73.1 Å². The maximum absolute atomic E-state index is 13.7. The van der Waals surface area contributed by atoms with E-state index in [0.29, 0.717) is 92.0 Å². The van der Waals surface area contributed by atoms with Gasteiger partial charge in [0.05, 0.1) is 83.1 Å². The van der Waals surface area contributed by atoms with Crippen LogP contribution < -0.4 is 37.9 Å². The summed E-state index contributed by atoms with van der Waals surface area (Å²) in [6, 6.07) is 12.3. The Morgan fingerprint density at radius 2 is 1.02 bits per heavy atom. The average Bonchev–Trinajstić information content (AvgIpc) is 3.21. The largest absolute Gasteiger partial charge is 0.496 e. The van der Waals surface area contributed by atoms with Crippen LogP contribution in [0, 0.1) is 20.8 Å². The number of methoxy groups -OCH3 is 6. The zero-order chi connectivity index (χ0) is 42.2. The van der Waals surface area contributed by atoms with Crippen LogP contribution in [0.15, 0.2) is 46.9 Å². The van der Waals surface area contributed by atoms with Gasteiger partial charge in [0.25, 0.3) is 0 Å². The standard InChI is InChI=1S/C23H29BrO5.C22H27ClO5/c1-7-8-9-12-29-22-18(27-5)13-14(2)19(23(22)28-6)21(25)20-15(3)16(24)10-11-17(20)26-4;1-6-7-8-12-28-22-18(14(2)13-17(26-4)21(22)27-5)20(24)19-15(23)10-9-11-16(19)25-3/h10-11,13H,7-9,12H2,1-6H3;9-11,13H,6-8,12H2,1-5H3. The van der Waals surface area contributed by atoms with Gasteiger partial charge in [0.2, 0.25) is 23.1 Å². The molecule has 0 saturated heterocycles. The molecular formula is C45H56BrClO10. The van der Waals surface area contributed by atoms with Crippen LogP contribution >= 0.6 is 27.5 Å². The molecule has 10 nitrogen and oxygen atoms in total. The molecule has 4 rings (SSSR count). The summed E-state index contributed by atoms with van der Waals surface area (Å²) in [5, 5.41) is 0.315. The van der Waals surface area contributed by atoms with Crippen molar-refractivity contribution in [1.29, 1.82) is 0 Å². The number of unbranched alkanes of at least 4 members (excludes halogenated alkanes) is 4. The highest BCUT2D eigenvalue weighted by Crippen LogP contribution is 2.46. The summed E-state index contributed by atoms with van der Waals surface area (Å²) in [6.07, 6.45) is 6.05. The third-order valence-corrected chi connectivity index (χ3v) is 10.5. The molecule has 57 heavy (non-hydrogen) atoms. The molecule has 0 N–H and O–H groups in total. The second-order valence-corrected chi connectivity index (χ2v) is 14.4. The van der Waals surface area contributed by atoms with Crippen LogP contribution in [0.25, 0.3) is 0 Å². The van der Waals surface area contributed by atoms with Gasteiger partial charge in [-0.2, -0.15) is 0 Å².